The molecule has 0 unspecified atom stereocenters. The van der Waals surface area contributed by atoms with Gasteiger partial charge in [-0.15, -0.1) is 11.8 Å². The molecule has 94 valence electrons. The maximum Gasteiger partial charge on any atom is 0.313 e. The first kappa shape index (κ1) is 12.7. The quantitative estimate of drug-likeness (QED) is 0.899. The molecule has 4 nitrogen and oxygen atoms in total. The highest BCUT2D eigenvalue weighted by Gasteiger charge is 2.07. The van der Waals surface area contributed by atoms with Crippen LogP contribution in [0.5, 0.6) is 0 Å². The molecular formula is C13H14N2O2S. The third-order valence-corrected chi connectivity index (χ3v) is 3.43. The smallest absolute Gasteiger partial charge is 0.313 e. The Morgan fingerprint density at radius 3 is 2.78 bits per heavy atom. The van der Waals surface area contributed by atoms with Crippen molar-refractivity contribution >= 4 is 17.7 Å². The van der Waals surface area contributed by atoms with E-state index in [2.05, 4.69) is 5.10 Å². The summed E-state index contributed by atoms with van der Waals surface area (Å²) in [6.07, 6.45) is 0. The number of hydrogen-bond acceptors (Lipinski definition) is 3. The molecule has 0 amide bonds. The molecule has 0 saturated carbocycles. The van der Waals surface area contributed by atoms with Gasteiger partial charge in [0.25, 0.3) is 0 Å². The van der Waals surface area contributed by atoms with Gasteiger partial charge in [-0.25, -0.2) is 0 Å². The van der Waals surface area contributed by atoms with Crippen molar-refractivity contribution in [1.29, 1.82) is 0 Å². The lowest BCUT2D eigenvalue weighted by molar-refractivity contribution is -0.133. The van der Waals surface area contributed by atoms with Gasteiger partial charge in [0, 0.05) is 12.8 Å². The topological polar surface area (TPSA) is 55.1 Å². The Balaban J connectivity index is 2.10. The largest absolute Gasteiger partial charge is 0.481 e. The van der Waals surface area contributed by atoms with Crippen LogP contribution in [0, 0.1) is 0 Å². The Hall–Kier alpha value is -1.75. The summed E-state index contributed by atoms with van der Waals surface area (Å²) in [5.41, 5.74) is 3.06. The number of carbonyl (C=O) groups is 1. The first-order valence-electron chi connectivity index (χ1n) is 5.54. The number of carboxylic acid groups (broad SMARTS) is 1. The summed E-state index contributed by atoms with van der Waals surface area (Å²) in [7, 11) is 1.90. The van der Waals surface area contributed by atoms with Crippen LogP contribution in [0.15, 0.2) is 36.4 Å². The van der Waals surface area contributed by atoms with Crippen molar-refractivity contribution in [2.45, 2.75) is 5.75 Å². The van der Waals surface area contributed by atoms with E-state index in [0.717, 1.165) is 17.0 Å². The van der Waals surface area contributed by atoms with E-state index in [9.17, 15) is 4.79 Å². The Morgan fingerprint density at radius 2 is 2.11 bits per heavy atom. The summed E-state index contributed by atoms with van der Waals surface area (Å²) in [6.45, 7) is 0. The van der Waals surface area contributed by atoms with Gasteiger partial charge in [0.15, 0.2) is 0 Å². The maximum atomic E-state index is 10.4. The monoisotopic (exact) mass is 262 g/mol. The lowest BCUT2D eigenvalue weighted by Gasteiger charge is -1.99. The molecule has 0 saturated heterocycles. The average molecular weight is 262 g/mol. The molecule has 1 aromatic heterocycles. The molecule has 18 heavy (non-hydrogen) atoms. The summed E-state index contributed by atoms with van der Waals surface area (Å²) in [4.78, 5) is 10.4. The molecule has 0 atom stereocenters. The summed E-state index contributed by atoms with van der Waals surface area (Å²) in [5, 5.41) is 13.0. The highest BCUT2D eigenvalue weighted by molar-refractivity contribution is 7.99. The summed E-state index contributed by atoms with van der Waals surface area (Å²) < 4.78 is 1.83. The van der Waals surface area contributed by atoms with Crippen LogP contribution in [-0.4, -0.2) is 26.6 Å². The van der Waals surface area contributed by atoms with E-state index in [4.69, 9.17) is 5.11 Å². The van der Waals surface area contributed by atoms with Gasteiger partial charge in [-0.3, -0.25) is 9.48 Å². The van der Waals surface area contributed by atoms with Crippen molar-refractivity contribution in [3.8, 4) is 11.3 Å². The minimum Gasteiger partial charge on any atom is -0.481 e. The number of hydrogen-bond donors (Lipinski definition) is 1. The minimum absolute atomic E-state index is 0.108. The second kappa shape index (κ2) is 5.73. The van der Waals surface area contributed by atoms with Gasteiger partial charge in [0.1, 0.15) is 0 Å². The van der Waals surface area contributed by atoms with Crippen LogP contribution in [0.3, 0.4) is 0 Å². The number of nitrogens with zero attached hydrogens (tertiary/aromatic N) is 2. The lowest BCUT2D eigenvalue weighted by Crippen LogP contribution is -1.98. The number of thioether (sulfide) groups is 1. The van der Waals surface area contributed by atoms with Crippen molar-refractivity contribution in [3.05, 3.63) is 42.1 Å². The highest BCUT2D eigenvalue weighted by atomic mass is 32.2. The third kappa shape index (κ3) is 3.13. The molecule has 0 fully saturated rings. The number of carboxylic acids is 1. The van der Waals surface area contributed by atoms with Crippen LogP contribution in [0.4, 0.5) is 0 Å². The molecule has 0 aliphatic carbocycles. The molecule has 5 heteroatoms. The zero-order valence-corrected chi connectivity index (χ0v) is 10.9. The van der Waals surface area contributed by atoms with Gasteiger partial charge in [-0.2, -0.15) is 5.10 Å². The number of aryl methyl sites for hydroxylation is 1. The van der Waals surface area contributed by atoms with E-state index in [-0.39, 0.29) is 5.75 Å². The van der Waals surface area contributed by atoms with Crippen LogP contribution in [0.2, 0.25) is 0 Å². The molecule has 2 aromatic rings. The number of aliphatic carboxylic acids is 1. The first-order chi connectivity index (χ1) is 8.66. The Labute approximate surface area is 110 Å². The fraction of sp³-hybridized carbons (Fsp3) is 0.231. The second-order valence-electron chi connectivity index (χ2n) is 3.90. The number of aromatic nitrogens is 2. The first-order valence-corrected chi connectivity index (χ1v) is 6.70. The highest BCUT2D eigenvalue weighted by Crippen LogP contribution is 2.21. The molecule has 0 spiro atoms. The minimum atomic E-state index is -0.792. The lowest BCUT2D eigenvalue weighted by atomic mass is 10.1. The van der Waals surface area contributed by atoms with Gasteiger partial charge in [-0.05, 0) is 11.6 Å². The van der Waals surface area contributed by atoms with E-state index < -0.39 is 5.97 Å². The van der Waals surface area contributed by atoms with E-state index in [0.29, 0.717) is 5.75 Å². The third-order valence-electron chi connectivity index (χ3n) is 2.48. The van der Waals surface area contributed by atoms with E-state index >= 15 is 0 Å². The van der Waals surface area contributed by atoms with Crippen molar-refractivity contribution in [1.82, 2.24) is 9.78 Å². The molecule has 1 heterocycles. The predicted octanol–water partition coefficient (Wildman–Crippen LogP) is 2.40. The predicted molar refractivity (Wildman–Crippen MR) is 72.4 cm³/mol. The molecular weight excluding hydrogens is 248 g/mol. The zero-order valence-electron chi connectivity index (χ0n) is 10.0. The fourth-order valence-electron chi connectivity index (χ4n) is 1.72. The summed E-state index contributed by atoms with van der Waals surface area (Å²) in [6, 6.07) is 12.0. The standard InChI is InChI=1S/C13H14N2O2S/c1-15-12(10-5-3-2-4-6-10)7-11(14-15)8-18-9-13(16)17/h2-7H,8-9H2,1H3,(H,16,17). The van der Waals surface area contributed by atoms with Crippen molar-refractivity contribution in [2.75, 3.05) is 5.75 Å². The van der Waals surface area contributed by atoms with Gasteiger partial charge in [-0.1, -0.05) is 30.3 Å². The molecule has 0 radical (unpaired) electrons. The van der Waals surface area contributed by atoms with Gasteiger partial charge in [0.05, 0.1) is 17.1 Å². The second-order valence-corrected chi connectivity index (χ2v) is 4.88. The van der Waals surface area contributed by atoms with Gasteiger partial charge >= 0.3 is 5.97 Å². The van der Waals surface area contributed by atoms with Gasteiger partial charge in [0.2, 0.25) is 0 Å². The Kier molecular flexibility index (Phi) is 4.04. The number of benzene rings is 1. The molecule has 0 aliphatic heterocycles. The van der Waals surface area contributed by atoms with Crippen molar-refractivity contribution < 1.29 is 9.90 Å². The van der Waals surface area contributed by atoms with Crippen LogP contribution >= 0.6 is 11.8 Å². The van der Waals surface area contributed by atoms with E-state index in [1.165, 1.54) is 11.8 Å². The number of rotatable bonds is 5. The maximum absolute atomic E-state index is 10.4. The molecule has 0 aliphatic rings. The fourth-order valence-corrected chi connectivity index (χ4v) is 2.35. The molecule has 0 bridgehead atoms. The molecule has 1 N–H and O–H groups in total. The SMILES string of the molecule is Cn1nc(CSCC(=O)O)cc1-c1ccccc1. The summed E-state index contributed by atoms with van der Waals surface area (Å²) >= 11 is 1.36. The van der Waals surface area contributed by atoms with E-state index in [1.54, 1.807) is 0 Å². The van der Waals surface area contributed by atoms with Crippen molar-refractivity contribution in [2.24, 2.45) is 7.05 Å². The Morgan fingerprint density at radius 1 is 1.39 bits per heavy atom. The molecule has 2 rings (SSSR count). The van der Waals surface area contributed by atoms with Crippen LogP contribution in [0.25, 0.3) is 11.3 Å². The molecule has 1 aromatic carbocycles. The van der Waals surface area contributed by atoms with Crippen molar-refractivity contribution in [3.63, 3.8) is 0 Å². The van der Waals surface area contributed by atoms with Crippen LogP contribution in [0.1, 0.15) is 5.69 Å². The normalized spacial score (nSPS) is 10.5. The summed E-state index contributed by atoms with van der Waals surface area (Å²) in [5.74, 6) is -0.0660. The van der Waals surface area contributed by atoms with Gasteiger partial charge < -0.3 is 5.11 Å². The Bertz CT molecular complexity index is 537. The average Bonchev–Trinajstić information content (AvgIpc) is 2.71. The van der Waals surface area contributed by atoms with Crippen LogP contribution < -0.4 is 0 Å². The van der Waals surface area contributed by atoms with E-state index in [1.807, 2.05) is 48.1 Å². The van der Waals surface area contributed by atoms with Crippen LogP contribution in [-0.2, 0) is 17.6 Å². The zero-order chi connectivity index (χ0) is 13.0.